The van der Waals surface area contributed by atoms with E-state index in [0.717, 1.165) is 0 Å². The molecule has 0 spiro atoms. The number of nitrogens with one attached hydrogen (secondary N) is 2. The zero-order chi connectivity index (χ0) is 21.8. The molecule has 6 N–H and O–H groups in total. The molecular weight excluding hydrogens is 414 g/mol. The first-order valence-electron chi connectivity index (χ1n) is 9.13. The average molecular weight is 444 g/mol. The molecular formula is C19H29N3O5S2. The summed E-state index contributed by atoms with van der Waals surface area (Å²) < 4.78 is 0. The lowest BCUT2D eigenvalue weighted by atomic mass is 10.0. The zero-order valence-corrected chi connectivity index (χ0v) is 18.2. The van der Waals surface area contributed by atoms with Crippen LogP contribution in [-0.4, -0.2) is 70.1 Å². The number of rotatable bonds is 13. The van der Waals surface area contributed by atoms with Gasteiger partial charge in [-0.15, -0.1) is 0 Å². The van der Waals surface area contributed by atoms with E-state index in [1.54, 1.807) is 23.9 Å². The van der Waals surface area contributed by atoms with Crippen LogP contribution in [0.3, 0.4) is 0 Å². The van der Waals surface area contributed by atoms with E-state index in [1.165, 1.54) is 23.9 Å². The number of hydrogen-bond acceptors (Lipinski definition) is 7. The summed E-state index contributed by atoms with van der Waals surface area (Å²) in [6.07, 6.45) is 4.64. The van der Waals surface area contributed by atoms with E-state index in [2.05, 4.69) is 10.6 Å². The normalized spacial score (nSPS) is 13.9. The smallest absolute Gasteiger partial charge is 0.326 e. The highest BCUT2D eigenvalue weighted by Crippen LogP contribution is 2.12. The van der Waals surface area contributed by atoms with Gasteiger partial charge in [-0.2, -0.15) is 23.5 Å². The Morgan fingerprint density at radius 2 is 1.52 bits per heavy atom. The third kappa shape index (κ3) is 9.42. The van der Waals surface area contributed by atoms with Gasteiger partial charge in [-0.25, -0.2) is 4.79 Å². The van der Waals surface area contributed by atoms with Crippen LogP contribution < -0.4 is 16.4 Å². The highest BCUT2D eigenvalue weighted by molar-refractivity contribution is 7.98. The third-order valence-corrected chi connectivity index (χ3v) is 5.49. The van der Waals surface area contributed by atoms with Gasteiger partial charge >= 0.3 is 5.97 Å². The maximum absolute atomic E-state index is 12.8. The van der Waals surface area contributed by atoms with Crippen molar-refractivity contribution < 1.29 is 24.6 Å². The van der Waals surface area contributed by atoms with Gasteiger partial charge in [0.15, 0.2) is 0 Å². The minimum atomic E-state index is -1.13. The molecule has 0 aliphatic rings. The Balaban J connectivity index is 2.92. The van der Waals surface area contributed by atoms with Crippen molar-refractivity contribution in [3.05, 3.63) is 29.8 Å². The van der Waals surface area contributed by atoms with Crippen LogP contribution in [0.15, 0.2) is 24.3 Å². The number of carbonyl (C=O) groups is 3. The molecule has 0 saturated heterocycles. The highest BCUT2D eigenvalue weighted by atomic mass is 32.2. The molecule has 1 aromatic rings. The van der Waals surface area contributed by atoms with E-state index in [4.69, 9.17) is 5.73 Å². The monoisotopic (exact) mass is 443 g/mol. The molecule has 1 aromatic carbocycles. The number of nitrogens with two attached hydrogens (primary N) is 1. The van der Waals surface area contributed by atoms with Crippen molar-refractivity contribution >= 4 is 41.3 Å². The Morgan fingerprint density at radius 3 is 2.07 bits per heavy atom. The lowest BCUT2D eigenvalue weighted by molar-refractivity contribution is -0.142. The van der Waals surface area contributed by atoms with E-state index >= 15 is 0 Å². The van der Waals surface area contributed by atoms with Crippen LogP contribution in [0, 0.1) is 0 Å². The van der Waals surface area contributed by atoms with Gasteiger partial charge in [0.1, 0.15) is 17.8 Å². The molecule has 0 aliphatic carbocycles. The summed E-state index contributed by atoms with van der Waals surface area (Å²) >= 11 is 3.05. The first-order valence-corrected chi connectivity index (χ1v) is 11.9. The van der Waals surface area contributed by atoms with Crippen molar-refractivity contribution in [1.29, 1.82) is 0 Å². The SMILES string of the molecule is CSCC[C@H](NC(=O)[C@H](Cc1ccc(O)cc1)NC(=O)[C@@H](N)CCSC)C(=O)O. The molecule has 10 heteroatoms. The summed E-state index contributed by atoms with van der Waals surface area (Å²) in [6.45, 7) is 0. The molecule has 0 heterocycles. The van der Waals surface area contributed by atoms with Crippen LogP contribution in [0.1, 0.15) is 18.4 Å². The molecule has 1 rings (SSSR count). The van der Waals surface area contributed by atoms with Crippen LogP contribution in [0.2, 0.25) is 0 Å². The molecule has 0 aliphatic heterocycles. The molecule has 162 valence electrons. The van der Waals surface area contributed by atoms with Crippen molar-refractivity contribution in [3.8, 4) is 5.75 Å². The van der Waals surface area contributed by atoms with Crippen molar-refractivity contribution in [3.63, 3.8) is 0 Å². The number of carbonyl (C=O) groups excluding carboxylic acids is 2. The molecule has 0 radical (unpaired) electrons. The molecule has 0 aromatic heterocycles. The summed E-state index contributed by atoms with van der Waals surface area (Å²) in [5.74, 6) is -0.809. The number of hydrogen-bond donors (Lipinski definition) is 5. The number of phenols is 1. The molecule has 3 atom stereocenters. The minimum Gasteiger partial charge on any atom is -0.508 e. The molecule has 0 saturated carbocycles. The van der Waals surface area contributed by atoms with Gasteiger partial charge in [0, 0.05) is 6.42 Å². The Labute approximate surface area is 179 Å². The Bertz CT molecular complexity index is 672. The second-order valence-electron chi connectivity index (χ2n) is 6.50. The number of aliphatic carboxylic acids is 1. The largest absolute Gasteiger partial charge is 0.508 e. The second kappa shape index (κ2) is 13.3. The molecule has 0 fully saturated rings. The van der Waals surface area contributed by atoms with E-state index in [0.29, 0.717) is 23.5 Å². The minimum absolute atomic E-state index is 0.0841. The fraction of sp³-hybridized carbons (Fsp3) is 0.526. The van der Waals surface area contributed by atoms with Crippen LogP contribution >= 0.6 is 23.5 Å². The maximum Gasteiger partial charge on any atom is 0.326 e. The average Bonchev–Trinajstić information content (AvgIpc) is 2.69. The van der Waals surface area contributed by atoms with Crippen molar-refractivity contribution in [2.75, 3.05) is 24.0 Å². The number of thioether (sulfide) groups is 2. The predicted molar refractivity (Wildman–Crippen MR) is 117 cm³/mol. The third-order valence-electron chi connectivity index (χ3n) is 4.20. The van der Waals surface area contributed by atoms with Gasteiger partial charge in [0.2, 0.25) is 11.8 Å². The molecule has 8 nitrogen and oxygen atoms in total. The van der Waals surface area contributed by atoms with E-state index in [9.17, 15) is 24.6 Å². The van der Waals surface area contributed by atoms with E-state index in [-0.39, 0.29) is 18.6 Å². The zero-order valence-electron chi connectivity index (χ0n) is 16.6. The van der Waals surface area contributed by atoms with Crippen LogP contribution in [0.4, 0.5) is 0 Å². The first-order chi connectivity index (χ1) is 13.8. The fourth-order valence-electron chi connectivity index (χ4n) is 2.50. The summed E-state index contributed by atoms with van der Waals surface area (Å²) in [7, 11) is 0. The standard InChI is InChI=1S/C19H29N3O5S2/c1-28-9-7-14(20)17(24)22-16(11-12-3-5-13(23)6-4-12)18(25)21-15(19(26)27)8-10-29-2/h3-6,14-16,23H,7-11,20H2,1-2H3,(H,21,25)(H,22,24)(H,26,27)/t14-,15-,16-/m0/s1. The van der Waals surface area contributed by atoms with Crippen LogP contribution in [-0.2, 0) is 20.8 Å². The maximum atomic E-state index is 12.8. The van der Waals surface area contributed by atoms with E-state index < -0.39 is 35.9 Å². The second-order valence-corrected chi connectivity index (χ2v) is 8.47. The number of carboxylic acids is 1. The van der Waals surface area contributed by atoms with Crippen LogP contribution in [0.25, 0.3) is 0 Å². The summed E-state index contributed by atoms with van der Waals surface area (Å²) in [4.78, 5) is 36.6. The number of phenolic OH excluding ortho intramolecular Hbond substituents is 1. The molecule has 2 amide bonds. The van der Waals surface area contributed by atoms with E-state index in [1.807, 2.05) is 12.5 Å². The number of benzene rings is 1. The van der Waals surface area contributed by atoms with Gasteiger partial charge in [0.05, 0.1) is 6.04 Å². The number of carboxylic acid groups (broad SMARTS) is 1. The molecule has 0 bridgehead atoms. The van der Waals surface area contributed by atoms with Gasteiger partial charge in [0.25, 0.3) is 0 Å². The van der Waals surface area contributed by atoms with Gasteiger partial charge in [-0.05, 0) is 54.6 Å². The molecule has 0 unspecified atom stereocenters. The fourth-order valence-corrected chi connectivity index (χ4v) is 3.46. The van der Waals surface area contributed by atoms with Gasteiger partial charge in [-0.1, -0.05) is 12.1 Å². The van der Waals surface area contributed by atoms with Crippen molar-refractivity contribution in [2.45, 2.75) is 37.4 Å². The molecule has 29 heavy (non-hydrogen) atoms. The van der Waals surface area contributed by atoms with Gasteiger partial charge < -0.3 is 26.6 Å². The predicted octanol–water partition coefficient (Wildman–Crippen LogP) is 0.822. The summed E-state index contributed by atoms with van der Waals surface area (Å²) in [6, 6.07) is 3.45. The highest BCUT2D eigenvalue weighted by Gasteiger charge is 2.28. The first kappa shape index (κ1) is 25.1. The lowest BCUT2D eigenvalue weighted by Crippen LogP contribution is -2.55. The lowest BCUT2D eigenvalue weighted by Gasteiger charge is -2.23. The quantitative estimate of drug-likeness (QED) is 0.302. The topological polar surface area (TPSA) is 142 Å². The Morgan fingerprint density at radius 1 is 0.966 bits per heavy atom. The summed E-state index contributed by atoms with van der Waals surface area (Å²) in [5, 5.41) is 23.9. The number of amides is 2. The van der Waals surface area contributed by atoms with Crippen LogP contribution in [0.5, 0.6) is 5.75 Å². The van der Waals surface area contributed by atoms with Crippen molar-refractivity contribution in [2.24, 2.45) is 5.73 Å². The summed E-state index contributed by atoms with van der Waals surface area (Å²) in [5.41, 5.74) is 6.60. The Hall–Kier alpha value is -1.91. The Kier molecular flexibility index (Phi) is 11.6. The van der Waals surface area contributed by atoms with Gasteiger partial charge in [-0.3, -0.25) is 9.59 Å². The number of aromatic hydroxyl groups is 1. The van der Waals surface area contributed by atoms with Crippen molar-refractivity contribution in [1.82, 2.24) is 10.6 Å².